The van der Waals surface area contributed by atoms with Crippen LogP contribution in [0.4, 0.5) is 0 Å². The van der Waals surface area contributed by atoms with Gasteiger partial charge in [0.25, 0.3) is 0 Å². The minimum Gasteiger partial charge on any atom is -0.462 e. The van der Waals surface area contributed by atoms with Crippen molar-refractivity contribution < 1.29 is 57.2 Å². The lowest BCUT2D eigenvalue weighted by Gasteiger charge is -2.55. The molecule has 758 valence electrons. The van der Waals surface area contributed by atoms with Gasteiger partial charge in [0.1, 0.15) is 22.4 Å². The first kappa shape index (κ1) is 108. The molecule has 0 spiro atoms. The molecule has 0 amide bonds. The van der Waals surface area contributed by atoms with Crippen LogP contribution in [-0.4, -0.2) is 71.4 Å². The number of esters is 6. The molecule has 0 heterocycles. The molecule has 10 aliphatic carbocycles. The smallest absolute Gasteiger partial charge is 0.338 e. The number of hydrogen-bond acceptors (Lipinski definition) is 12. The Morgan fingerprint density at radius 1 is 0.276 bits per heavy atom. The van der Waals surface area contributed by atoms with Gasteiger partial charge >= 0.3 is 35.8 Å². The number of rotatable bonds is 25. The van der Waals surface area contributed by atoms with E-state index in [0.717, 1.165) is 110 Å². The highest BCUT2D eigenvalue weighted by Crippen LogP contribution is 2.59. The second-order valence-electron chi connectivity index (χ2n) is 44.3. The van der Waals surface area contributed by atoms with Crippen LogP contribution in [0.5, 0.6) is 0 Å². The van der Waals surface area contributed by atoms with Crippen molar-refractivity contribution in [1.82, 2.24) is 0 Å². The normalized spacial score (nSPS) is 20.2. The van der Waals surface area contributed by atoms with Gasteiger partial charge in [0.05, 0.1) is 79.3 Å². The van der Waals surface area contributed by atoms with E-state index in [1.54, 1.807) is 77.9 Å². The van der Waals surface area contributed by atoms with E-state index in [1.165, 1.54) is 158 Å². The molecule has 12 nitrogen and oxygen atoms in total. The number of ether oxygens (including phenoxy) is 6. The maximum atomic E-state index is 13.3. The summed E-state index contributed by atoms with van der Waals surface area (Å²) in [4.78, 5) is 88.0. The minimum absolute atomic E-state index is 0.0146. The summed E-state index contributed by atoms with van der Waals surface area (Å²) >= 11 is 0. The molecule has 10 fully saturated rings. The third-order valence-corrected chi connectivity index (χ3v) is 36.3. The fourth-order valence-electron chi connectivity index (χ4n) is 23.2. The average molecular weight is 2000 g/mol. The highest BCUT2D eigenvalue weighted by Gasteiger charge is 2.55. The van der Waals surface area contributed by atoms with Gasteiger partial charge in [-0.3, -0.25) is 0 Å². The van der Waals surface area contributed by atoms with Crippen LogP contribution in [0.15, 0.2) is 366 Å². The summed E-state index contributed by atoms with van der Waals surface area (Å²) in [5.74, 6) is 3.63. The summed E-state index contributed by atoms with van der Waals surface area (Å²) in [6.45, 7) is 24.3. The summed E-state index contributed by atoms with van der Waals surface area (Å²) in [5, 5.41) is 0. The zero-order valence-corrected chi connectivity index (χ0v) is 89.9. The Bertz CT molecular complexity index is 5580. The van der Waals surface area contributed by atoms with Gasteiger partial charge in [-0.1, -0.05) is 243 Å². The molecule has 15 heteroatoms. The molecule has 0 aliphatic heterocycles. The van der Waals surface area contributed by atoms with E-state index in [9.17, 15) is 28.8 Å². The van der Waals surface area contributed by atoms with Crippen LogP contribution in [0.25, 0.3) is 0 Å². The molecule has 0 saturated heterocycles. The van der Waals surface area contributed by atoms with Gasteiger partial charge in [0.15, 0.2) is 44.1 Å². The van der Waals surface area contributed by atoms with Crippen LogP contribution in [0.3, 0.4) is 0 Å². The van der Waals surface area contributed by atoms with Gasteiger partial charge in [-0.05, 0) is 397 Å². The molecule has 22 rings (SSSR count). The number of hydrogen-bond donors (Lipinski definition) is 0. The standard InChI is InChI=1S/C29H36O4.C25H36O4.C23H25S.2C18H15S.C17H24O4/c1-17-2-24(26(30)32-28-11-18-4-19(12-28)6-20(5-18)13-28)10-25(3-17)27(31)33-29-14-21-7-22(15-29)9-23(8-21)16-29;1-19-16-22(24(26)28-14-12-20-8-4-2-5-9-20)18-23(17-19)25(27)29-15-13-21-10-6-3-7-11-21;1-4-23(2,3)19-15-17-22(18-16-19)24(20-11-7-5-8-12-20)21-13-9-6-10-14-21;2*1-4-10-16(11-5-1)19(17-12-6-2-7-13-17)18-14-8-3-9-15-18;1-11-8-12(14(18)20-16(2,3)4)10-13(9-11)15(19)21-17(5,6)7/h2-3,10,18-23H,4-9,11-16H2,1H3;16-18,20-21H,2-15H2,1H3;5-18H,4H2,1-3H3;2*1-15H;8-10H,1-7H3/q;;3*+1;. The number of aryl methyl sites for hydroxylation is 3. The first-order valence-electron chi connectivity index (χ1n) is 53.2. The quantitative estimate of drug-likeness (QED) is 0.0303. The van der Waals surface area contributed by atoms with Crippen LogP contribution in [0.2, 0.25) is 0 Å². The molecule has 10 saturated carbocycles. The maximum Gasteiger partial charge on any atom is 0.338 e. The van der Waals surface area contributed by atoms with Gasteiger partial charge in [-0.15, -0.1) is 0 Å². The van der Waals surface area contributed by atoms with Crippen LogP contribution in [-0.2, 0) is 66.5 Å². The molecule has 0 N–H and O–H groups in total. The third-order valence-electron chi connectivity index (χ3n) is 29.6. The molecule has 0 unspecified atom stereocenters. The summed E-state index contributed by atoms with van der Waals surface area (Å²) in [5.41, 5.74) is 5.13. The topological polar surface area (TPSA) is 158 Å². The Kier molecular flexibility index (Phi) is 37.7. The van der Waals surface area contributed by atoms with Crippen molar-refractivity contribution in [3.8, 4) is 0 Å². The Morgan fingerprint density at radius 3 is 0.710 bits per heavy atom. The molecular formula is C130H151O12S3+3. The second kappa shape index (κ2) is 50.7. The lowest BCUT2D eigenvalue weighted by atomic mass is 9.54. The molecule has 0 radical (unpaired) electrons. The summed E-state index contributed by atoms with van der Waals surface area (Å²) in [6, 6.07) is 111. The Morgan fingerprint density at radius 2 is 0.490 bits per heavy atom. The summed E-state index contributed by atoms with van der Waals surface area (Å²) < 4.78 is 34.2. The third kappa shape index (κ3) is 31.1. The van der Waals surface area contributed by atoms with Crippen LogP contribution >= 0.6 is 0 Å². The van der Waals surface area contributed by atoms with Crippen LogP contribution < -0.4 is 0 Å². The first-order chi connectivity index (χ1) is 69.8. The second-order valence-corrected chi connectivity index (χ2v) is 50.4. The molecule has 145 heavy (non-hydrogen) atoms. The molecule has 0 atom stereocenters. The highest BCUT2D eigenvalue weighted by atomic mass is 32.2. The first-order valence-corrected chi connectivity index (χ1v) is 56.9. The van der Waals surface area contributed by atoms with Gasteiger partial charge in [0, 0.05) is 0 Å². The highest BCUT2D eigenvalue weighted by molar-refractivity contribution is 7.97. The van der Waals surface area contributed by atoms with E-state index >= 15 is 0 Å². The van der Waals surface area contributed by atoms with Crippen LogP contribution in [0.1, 0.15) is 307 Å². The van der Waals surface area contributed by atoms with E-state index in [2.05, 4.69) is 288 Å². The van der Waals surface area contributed by atoms with E-state index in [-0.39, 0.29) is 73.2 Å². The predicted molar refractivity (Wildman–Crippen MR) is 587 cm³/mol. The fourth-order valence-corrected chi connectivity index (χ4v) is 29.5. The molecular weight excluding hydrogens is 1850 g/mol. The minimum atomic E-state index is -0.576. The zero-order chi connectivity index (χ0) is 102. The van der Waals surface area contributed by atoms with Crippen molar-refractivity contribution in [2.24, 2.45) is 47.3 Å². The van der Waals surface area contributed by atoms with Gasteiger partial charge in [-0.2, -0.15) is 0 Å². The monoisotopic (exact) mass is 2000 g/mol. The van der Waals surface area contributed by atoms with Gasteiger partial charge in [-0.25, -0.2) is 28.8 Å². The molecule has 0 aromatic heterocycles. The zero-order valence-electron chi connectivity index (χ0n) is 87.4. The average Bonchev–Trinajstić information content (AvgIpc) is 0.747. The number of carbonyl (C=O) groups excluding carboxylic acids is 6. The molecule has 12 aromatic carbocycles. The van der Waals surface area contributed by atoms with Crippen molar-refractivity contribution >= 4 is 68.5 Å². The fraction of sp³-hybridized carbons (Fsp3) is 0.400. The van der Waals surface area contributed by atoms with Crippen molar-refractivity contribution in [1.29, 1.82) is 0 Å². The van der Waals surface area contributed by atoms with E-state index in [4.69, 9.17) is 28.4 Å². The van der Waals surface area contributed by atoms with E-state index in [1.807, 2.05) is 32.9 Å². The summed E-state index contributed by atoms with van der Waals surface area (Å²) in [6.07, 6.45) is 29.9. The number of benzene rings is 12. The Hall–Kier alpha value is -11.5. The molecule has 12 aromatic rings. The van der Waals surface area contributed by atoms with Gasteiger partial charge in [0.2, 0.25) is 0 Å². The largest absolute Gasteiger partial charge is 0.462 e. The van der Waals surface area contributed by atoms with Gasteiger partial charge < -0.3 is 28.4 Å². The van der Waals surface area contributed by atoms with Crippen LogP contribution in [0, 0.1) is 68.1 Å². The van der Waals surface area contributed by atoms with E-state index < -0.39 is 23.1 Å². The maximum absolute atomic E-state index is 13.3. The molecule has 8 bridgehead atoms. The lowest BCUT2D eigenvalue weighted by Crippen LogP contribution is -2.52. The van der Waals surface area contributed by atoms with Crippen molar-refractivity contribution in [3.63, 3.8) is 0 Å². The van der Waals surface area contributed by atoms with E-state index in [0.29, 0.717) is 58.4 Å². The van der Waals surface area contributed by atoms with Crippen molar-refractivity contribution in [2.45, 2.75) is 315 Å². The Labute approximate surface area is 872 Å². The summed E-state index contributed by atoms with van der Waals surface area (Å²) in [7, 11) is -0.0809. The number of carbonyl (C=O) groups is 6. The lowest BCUT2D eigenvalue weighted by molar-refractivity contribution is -0.131. The van der Waals surface area contributed by atoms with Crippen molar-refractivity contribution in [3.05, 3.63) is 377 Å². The molecule has 10 aliphatic rings. The Balaban J connectivity index is 0.000000132. The SMILES string of the molecule is CCC(C)(C)c1ccc([S+](c2ccccc2)c2ccccc2)cc1.Cc1cc(C(=O)OC(C)(C)C)cc(C(=O)OC(C)(C)C)c1.Cc1cc(C(=O)OC23CC4CC(CC(C4)C2)C3)cc(C(=O)OC23CC4CC(CC(C4)C2)C3)c1.Cc1cc(C(=O)OCCC2CCCCC2)cc(C(=O)OCCC2CCCCC2)c1.c1ccc([S+](c2ccccc2)c2ccccc2)cc1.c1ccc([S+](c2ccccc2)c2ccccc2)cc1. The predicted octanol–water partition coefficient (Wildman–Crippen LogP) is 32.4. The van der Waals surface area contributed by atoms with Crippen molar-refractivity contribution in [2.75, 3.05) is 13.2 Å².